The quantitative estimate of drug-likeness (QED) is 0.267. The van der Waals surface area contributed by atoms with Gasteiger partial charge in [0.25, 0.3) is 0 Å². The van der Waals surface area contributed by atoms with Crippen LogP contribution in [-0.4, -0.2) is 57.0 Å². The first-order chi connectivity index (χ1) is 21.6. The molecule has 3 aromatic rings. The van der Waals surface area contributed by atoms with Crippen LogP contribution in [0.3, 0.4) is 0 Å². The summed E-state index contributed by atoms with van der Waals surface area (Å²) in [6, 6.07) is 15.6. The number of benzene rings is 3. The predicted octanol–water partition coefficient (Wildman–Crippen LogP) is 6.02. The summed E-state index contributed by atoms with van der Waals surface area (Å²) in [5.41, 5.74) is 1.08. The third kappa shape index (κ3) is 8.13. The number of piperazine rings is 1. The maximum Gasteiger partial charge on any atom is 0.243 e. The minimum absolute atomic E-state index is 0.000662. The van der Waals surface area contributed by atoms with Gasteiger partial charge in [0.15, 0.2) is 0 Å². The van der Waals surface area contributed by atoms with Gasteiger partial charge in [0.1, 0.15) is 17.5 Å². The Morgan fingerprint density at radius 3 is 2.42 bits per heavy atom. The van der Waals surface area contributed by atoms with E-state index in [1.165, 1.54) is 24.3 Å². The molecule has 2 N–H and O–H groups in total. The molecule has 0 spiro atoms. The number of carbonyl (C=O) groups excluding carboxylic acids is 1. The number of hydrogen-bond acceptors (Lipinski definition) is 5. The zero-order chi connectivity index (χ0) is 32.0. The minimum atomic E-state index is -3.73. The molecule has 0 aromatic heterocycles. The second-order valence-electron chi connectivity index (χ2n) is 12.0. The van der Waals surface area contributed by atoms with E-state index in [-0.39, 0.29) is 41.6 Å². The van der Waals surface area contributed by atoms with E-state index < -0.39 is 33.4 Å². The van der Waals surface area contributed by atoms with Gasteiger partial charge in [-0.1, -0.05) is 24.3 Å². The lowest BCUT2D eigenvalue weighted by Gasteiger charge is -2.40. The van der Waals surface area contributed by atoms with Crippen molar-refractivity contribution in [2.75, 3.05) is 31.6 Å². The molecule has 2 fully saturated rings. The van der Waals surface area contributed by atoms with Crippen molar-refractivity contribution in [3.05, 3.63) is 95.3 Å². The molecule has 0 aliphatic carbocycles. The number of hydrogen-bond donors (Lipinski definition) is 2. The first kappa shape index (κ1) is 33.1. The number of ether oxygens (including phenoxy) is 1. The van der Waals surface area contributed by atoms with Gasteiger partial charge in [0.05, 0.1) is 4.90 Å². The summed E-state index contributed by atoms with van der Waals surface area (Å²) in [7, 11) is -3.73. The van der Waals surface area contributed by atoms with Gasteiger partial charge in [-0.15, -0.1) is 0 Å². The molecule has 45 heavy (non-hydrogen) atoms. The highest BCUT2D eigenvalue weighted by atomic mass is 32.2. The van der Waals surface area contributed by atoms with E-state index in [0.29, 0.717) is 68.8 Å². The van der Waals surface area contributed by atoms with Crippen molar-refractivity contribution in [2.24, 2.45) is 5.92 Å². The number of sulfonamides is 1. The maximum atomic E-state index is 15.2. The van der Waals surface area contributed by atoms with Gasteiger partial charge in [-0.05, 0) is 92.8 Å². The number of carbonyl (C=O) groups is 1. The first-order valence-electron chi connectivity index (χ1n) is 15.5. The molecule has 2 saturated heterocycles. The number of halogens is 3. The zero-order valence-corrected chi connectivity index (χ0v) is 26.2. The van der Waals surface area contributed by atoms with E-state index in [1.54, 1.807) is 40.7 Å². The molecule has 7 nitrogen and oxygen atoms in total. The summed E-state index contributed by atoms with van der Waals surface area (Å²) in [6.07, 6.45) is 2.55. The standard InChI is InChI=1S/C34H40F3N3O4S/c1-23-21-38-22-28(40(23)45(42,43)29-8-3-2-4-9-29)7-5-10-30-32(37)11-6-12-33(30)39-34(41)20-31(24-13-15-44-16-14-24)25-17-26(35)19-27(36)18-25/h2-4,6,8-9,11-12,17-19,23-24,28,31,38H,5,7,10,13-16,20-22H2,1H3,(H,39,41). The van der Waals surface area contributed by atoms with Gasteiger partial charge in [-0.2, -0.15) is 4.31 Å². The highest BCUT2D eigenvalue weighted by Gasteiger charge is 2.37. The number of rotatable bonds is 11. The van der Waals surface area contributed by atoms with Crippen LogP contribution in [0.15, 0.2) is 71.6 Å². The van der Waals surface area contributed by atoms with E-state index >= 15 is 4.39 Å². The second kappa shape index (κ2) is 14.9. The molecule has 2 aliphatic rings. The van der Waals surface area contributed by atoms with Crippen molar-refractivity contribution in [2.45, 2.75) is 68.3 Å². The average molecular weight is 644 g/mol. The van der Waals surface area contributed by atoms with Crippen LogP contribution >= 0.6 is 0 Å². The SMILES string of the molecule is CC1CNCC(CCCc2c(F)cccc2NC(=O)CC(c2cc(F)cc(F)c2)C2CCOCC2)N1S(=O)(=O)c1ccccc1. The molecule has 3 atom stereocenters. The molecule has 242 valence electrons. The topological polar surface area (TPSA) is 87.7 Å². The highest BCUT2D eigenvalue weighted by molar-refractivity contribution is 7.89. The largest absolute Gasteiger partial charge is 0.381 e. The van der Waals surface area contributed by atoms with Crippen LogP contribution in [-0.2, 0) is 26.0 Å². The molecule has 0 bridgehead atoms. The predicted molar refractivity (Wildman–Crippen MR) is 167 cm³/mol. The third-order valence-corrected chi connectivity index (χ3v) is 10.9. The fraction of sp³-hybridized carbons (Fsp3) is 0.441. The van der Waals surface area contributed by atoms with Gasteiger partial charge in [0.2, 0.25) is 15.9 Å². The van der Waals surface area contributed by atoms with Crippen LogP contribution in [0.4, 0.5) is 18.9 Å². The van der Waals surface area contributed by atoms with E-state index in [1.807, 2.05) is 6.92 Å². The van der Waals surface area contributed by atoms with E-state index in [0.717, 1.165) is 6.07 Å². The highest BCUT2D eigenvalue weighted by Crippen LogP contribution is 2.36. The average Bonchev–Trinajstić information content (AvgIpc) is 3.01. The smallest absolute Gasteiger partial charge is 0.243 e. The Hall–Kier alpha value is -3.25. The van der Waals surface area contributed by atoms with Gasteiger partial charge in [-0.3, -0.25) is 4.79 Å². The Balaban J connectivity index is 1.28. The van der Waals surface area contributed by atoms with Gasteiger partial charge < -0.3 is 15.4 Å². The molecule has 0 radical (unpaired) electrons. The molecule has 2 heterocycles. The Kier molecular flexibility index (Phi) is 11.0. The van der Waals surface area contributed by atoms with Gasteiger partial charge >= 0.3 is 0 Å². The van der Waals surface area contributed by atoms with Crippen LogP contribution in [0.1, 0.15) is 56.1 Å². The molecular weight excluding hydrogens is 603 g/mol. The van der Waals surface area contributed by atoms with Crippen LogP contribution < -0.4 is 10.6 Å². The third-order valence-electron chi connectivity index (χ3n) is 8.84. The van der Waals surface area contributed by atoms with Crippen LogP contribution in [0.25, 0.3) is 0 Å². The fourth-order valence-corrected chi connectivity index (χ4v) is 8.55. The molecule has 0 saturated carbocycles. The fourth-order valence-electron chi connectivity index (χ4n) is 6.68. The first-order valence-corrected chi connectivity index (χ1v) is 17.0. The molecular formula is C34H40F3N3O4S. The second-order valence-corrected chi connectivity index (χ2v) is 13.8. The molecule has 1 amide bonds. The molecule has 3 unspecified atom stereocenters. The lowest BCUT2D eigenvalue weighted by atomic mass is 9.79. The Bertz CT molecular complexity index is 1550. The van der Waals surface area contributed by atoms with Crippen molar-refractivity contribution in [1.82, 2.24) is 9.62 Å². The minimum Gasteiger partial charge on any atom is -0.381 e. The number of nitrogens with one attached hydrogen (secondary N) is 2. The zero-order valence-electron chi connectivity index (χ0n) is 25.4. The Morgan fingerprint density at radius 1 is 1.00 bits per heavy atom. The van der Waals surface area contributed by atoms with Crippen LogP contribution in [0.5, 0.6) is 0 Å². The lowest BCUT2D eigenvalue weighted by Crippen LogP contribution is -2.58. The van der Waals surface area contributed by atoms with Crippen molar-refractivity contribution in [3.63, 3.8) is 0 Å². The van der Waals surface area contributed by atoms with Crippen molar-refractivity contribution >= 4 is 21.6 Å². The summed E-state index contributed by atoms with van der Waals surface area (Å²) >= 11 is 0. The van der Waals surface area contributed by atoms with Crippen LogP contribution in [0.2, 0.25) is 0 Å². The van der Waals surface area contributed by atoms with E-state index in [9.17, 15) is 22.0 Å². The normalized spacial score (nSPS) is 20.5. The van der Waals surface area contributed by atoms with Crippen molar-refractivity contribution < 1.29 is 31.1 Å². The van der Waals surface area contributed by atoms with Crippen molar-refractivity contribution in [3.8, 4) is 0 Å². The Morgan fingerprint density at radius 2 is 1.71 bits per heavy atom. The summed E-state index contributed by atoms with van der Waals surface area (Å²) in [4.78, 5) is 13.6. The summed E-state index contributed by atoms with van der Waals surface area (Å²) < 4.78 is 77.6. The number of nitrogens with zero attached hydrogens (tertiary/aromatic N) is 1. The van der Waals surface area contributed by atoms with Gasteiger partial charge in [-0.25, -0.2) is 21.6 Å². The van der Waals surface area contributed by atoms with Crippen LogP contribution in [0, 0.1) is 23.4 Å². The lowest BCUT2D eigenvalue weighted by molar-refractivity contribution is -0.117. The molecule has 3 aromatic carbocycles. The molecule has 2 aliphatic heterocycles. The molecule has 11 heteroatoms. The monoisotopic (exact) mass is 643 g/mol. The van der Waals surface area contributed by atoms with E-state index in [2.05, 4.69) is 10.6 Å². The molecule has 5 rings (SSSR count). The number of anilines is 1. The van der Waals surface area contributed by atoms with Crippen molar-refractivity contribution in [1.29, 1.82) is 0 Å². The Labute approximate surface area is 263 Å². The summed E-state index contributed by atoms with van der Waals surface area (Å²) in [5.74, 6) is -2.69. The maximum absolute atomic E-state index is 15.2. The summed E-state index contributed by atoms with van der Waals surface area (Å²) in [5, 5.41) is 6.16. The number of amides is 1. The van der Waals surface area contributed by atoms with E-state index in [4.69, 9.17) is 4.74 Å². The van der Waals surface area contributed by atoms with Gasteiger partial charge in [0, 0.05) is 62.1 Å². The summed E-state index contributed by atoms with van der Waals surface area (Å²) in [6.45, 7) is 3.90.